The van der Waals surface area contributed by atoms with E-state index in [0.29, 0.717) is 22.8 Å². The Bertz CT molecular complexity index is 1510. The average molecular weight is 586 g/mol. The molecule has 17 heteroatoms. The Kier molecular flexibility index (Phi) is 10.7. The van der Waals surface area contributed by atoms with E-state index in [4.69, 9.17) is 15.6 Å². The van der Waals surface area contributed by atoms with Gasteiger partial charge in [0.1, 0.15) is 12.4 Å². The van der Waals surface area contributed by atoms with Gasteiger partial charge in [-0.25, -0.2) is 23.2 Å². The number of carboxylic acids is 1. The number of carboxylic acid groups (broad SMARTS) is 1. The van der Waals surface area contributed by atoms with E-state index in [1.54, 1.807) is 56.3 Å². The summed E-state index contributed by atoms with van der Waals surface area (Å²) in [6.45, 7) is 3.37. The van der Waals surface area contributed by atoms with Crippen LogP contribution in [0.4, 0.5) is 24.8 Å². The van der Waals surface area contributed by atoms with Crippen LogP contribution in [0.5, 0.6) is 0 Å². The van der Waals surface area contributed by atoms with Crippen molar-refractivity contribution in [3.8, 4) is 0 Å². The summed E-state index contributed by atoms with van der Waals surface area (Å²) in [5.41, 5.74) is 9.87. The van der Waals surface area contributed by atoms with Gasteiger partial charge >= 0.3 is 12.1 Å². The van der Waals surface area contributed by atoms with Gasteiger partial charge in [0, 0.05) is 24.1 Å². The zero-order chi connectivity index (χ0) is 30.1. The molecule has 0 aliphatic carbocycles. The third-order valence-corrected chi connectivity index (χ3v) is 6.14. The molecular weight excluding hydrogens is 559 g/mol. The van der Waals surface area contributed by atoms with Gasteiger partial charge in [0.05, 0.1) is 5.75 Å². The number of halogens is 3. The van der Waals surface area contributed by atoms with E-state index in [0.717, 1.165) is 5.56 Å². The molecule has 0 unspecified atom stereocenters. The molecule has 0 fully saturated rings. The van der Waals surface area contributed by atoms with Crippen LogP contribution in [0.15, 0.2) is 53.5 Å². The van der Waals surface area contributed by atoms with Crippen molar-refractivity contribution in [1.29, 1.82) is 0 Å². The van der Waals surface area contributed by atoms with Gasteiger partial charge in [-0.15, -0.1) is 4.83 Å². The number of aryl methyl sites for hydroxylation is 2. The molecule has 0 saturated heterocycles. The lowest BCUT2D eigenvalue weighted by Crippen LogP contribution is -2.38. The van der Waals surface area contributed by atoms with Crippen molar-refractivity contribution in [2.45, 2.75) is 38.9 Å². The fourth-order valence-corrected chi connectivity index (χ4v) is 3.95. The molecule has 2 heterocycles. The van der Waals surface area contributed by atoms with E-state index in [1.165, 1.54) is 10.8 Å². The molecule has 6 N–H and O–H groups in total. The minimum Gasteiger partial charge on any atom is -0.475 e. The maximum Gasteiger partial charge on any atom is 0.490 e. The summed E-state index contributed by atoms with van der Waals surface area (Å²) in [4.78, 5) is 44.3. The number of pyridine rings is 1. The van der Waals surface area contributed by atoms with Crippen LogP contribution in [0.1, 0.15) is 22.5 Å². The predicted octanol–water partition coefficient (Wildman–Crippen LogP) is 1.23. The Hall–Kier alpha value is -4.51. The van der Waals surface area contributed by atoms with Gasteiger partial charge in [-0.3, -0.25) is 19.6 Å². The van der Waals surface area contributed by atoms with Gasteiger partial charge in [-0.05, 0) is 31.0 Å². The first-order valence-corrected chi connectivity index (χ1v) is 12.9. The van der Waals surface area contributed by atoms with Crippen LogP contribution in [0, 0.1) is 13.8 Å². The molecule has 1 aromatic carbocycles. The van der Waals surface area contributed by atoms with Crippen molar-refractivity contribution in [3.05, 3.63) is 81.5 Å². The molecule has 0 spiro atoms. The van der Waals surface area contributed by atoms with E-state index in [1.807, 2.05) is 0 Å². The number of nitrogens with two attached hydrogens (primary N) is 1. The molecule has 216 valence electrons. The Morgan fingerprint density at radius 1 is 1.10 bits per heavy atom. The van der Waals surface area contributed by atoms with Crippen molar-refractivity contribution in [3.63, 3.8) is 0 Å². The largest absolute Gasteiger partial charge is 0.490 e. The SMILES string of the molecule is Cc1nc(N)ccc1CNC(=O)Cn1c(C)cnc(NNS(=O)(=O)Cc2ccccc2)c1=O.O=C(O)C(F)(F)F. The van der Waals surface area contributed by atoms with E-state index in [2.05, 4.69) is 25.5 Å². The highest BCUT2D eigenvalue weighted by molar-refractivity contribution is 7.88. The topological polar surface area (TPSA) is 198 Å². The van der Waals surface area contributed by atoms with E-state index >= 15 is 0 Å². The molecule has 0 aliphatic heterocycles. The second-order valence-electron chi connectivity index (χ2n) is 8.17. The number of hydrazine groups is 1. The summed E-state index contributed by atoms with van der Waals surface area (Å²) >= 11 is 0. The maximum atomic E-state index is 12.8. The van der Waals surface area contributed by atoms with Gasteiger partial charge in [-0.1, -0.05) is 36.4 Å². The molecule has 0 aliphatic rings. The molecule has 0 atom stereocenters. The number of nitrogen functional groups attached to an aromatic ring is 1. The molecule has 2 aromatic heterocycles. The number of carbonyl (C=O) groups is 2. The lowest BCUT2D eigenvalue weighted by molar-refractivity contribution is -0.192. The van der Waals surface area contributed by atoms with Gasteiger partial charge in [0.25, 0.3) is 5.56 Å². The van der Waals surface area contributed by atoms with Gasteiger partial charge in [0.15, 0.2) is 0 Å². The third-order valence-electron chi connectivity index (χ3n) is 5.02. The van der Waals surface area contributed by atoms with Crippen LogP contribution in [-0.4, -0.2) is 46.1 Å². The Balaban J connectivity index is 0.000000708. The van der Waals surface area contributed by atoms with Crippen molar-refractivity contribution >= 4 is 33.5 Å². The van der Waals surface area contributed by atoms with Crippen molar-refractivity contribution in [2.75, 3.05) is 11.2 Å². The number of aromatic nitrogens is 3. The Morgan fingerprint density at radius 3 is 2.30 bits per heavy atom. The molecule has 0 radical (unpaired) electrons. The first kappa shape index (κ1) is 31.7. The zero-order valence-corrected chi connectivity index (χ0v) is 22.0. The molecule has 0 saturated carbocycles. The molecule has 40 heavy (non-hydrogen) atoms. The number of anilines is 2. The number of hydrogen-bond donors (Lipinski definition) is 5. The summed E-state index contributed by atoms with van der Waals surface area (Å²) in [6, 6.07) is 12.0. The molecule has 3 aromatic rings. The first-order valence-electron chi connectivity index (χ1n) is 11.2. The minimum absolute atomic E-state index is 0.223. The second-order valence-corrected chi connectivity index (χ2v) is 9.89. The molecular formula is C23H26F3N7O6S. The highest BCUT2D eigenvalue weighted by Gasteiger charge is 2.38. The van der Waals surface area contributed by atoms with Crippen LogP contribution in [0.25, 0.3) is 0 Å². The number of sulfonamides is 1. The highest BCUT2D eigenvalue weighted by atomic mass is 32.2. The number of carbonyl (C=O) groups excluding carboxylic acids is 1. The van der Waals surface area contributed by atoms with E-state index in [9.17, 15) is 31.2 Å². The number of amides is 1. The number of alkyl halides is 3. The smallest absolute Gasteiger partial charge is 0.475 e. The van der Waals surface area contributed by atoms with Crippen LogP contribution in [-0.2, 0) is 38.5 Å². The van der Waals surface area contributed by atoms with Gasteiger partial charge in [-0.2, -0.15) is 13.2 Å². The summed E-state index contributed by atoms with van der Waals surface area (Å²) in [7, 11) is -3.79. The first-order chi connectivity index (χ1) is 18.6. The molecule has 3 rings (SSSR count). The van der Waals surface area contributed by atoms with Crippen LogP contribution < -0.4 is 26.9 Å². The molecule has 1 amide bonds. The summed E-state index contributed by atoms with van der Waals surface area (Å²) in [5.74, 6) is -3.29. The zero-order valence-electron chi connectivity index (χ0n) is 21.2. The molecule has 0 bridgehead atoms. The fraction of sp³-hybridized carbons (Fsp3) is 0.261. The highest BCUT2D eigenvalue weighted by Crippen LogP contribution is 2.13. The lowest BCUT2D eigenvalue weighted by Gasteiger charge is -2.13. The third kappa shape index (κ3) is 9.99. The number of nitrogens with zero attached hydrogens (tertiary/aromatic N) is 3. The van der Waals surface area contributed by atoms with Crippen LogP contribution >= 0.6 is 0 Å². The Morgan fingerprint density at radius 2 is 1.73 bits per heavy atom. The Labute approximate surface area is 226 Å². The number of aliphatic carboxylic acids is 1. The minimum atomic E-state index is -5.08. The van der Waals surface area contributed by atoms with E-state index in [-0.39, 0.29) is 24.7 Å². The number of rotatable bonds is 9. The van der Waals surface area contributed by atoms with E-state index < -0.39 is 33.6 Å². The number of benzene rings is 1. The van der Waals surface area contributed by atoms with Crippen LogP contribution in [0.2, 0.25) is 0 Å². The fourth-order valence-electron chi connectivity index (χ4n) is 3.00. The average Bonchev–Trinajstić information content (AvgIpc) is 2.85. The van der Waals surface area contributed by atoms with Crippen molar-refractivity contribution in [2.24, 2.45) is 0 Å². The normalized spacial score (nSPS) is 11.2. The van der Waals surface area contributed by atoms with Crippen molar-refractivity contribution < 1.29 is 36.3 Å². The molecule has 13 nitrogen and oxygen atoms in total. The lowest BCUT2D eigenvalue weighted by atomic mass is 10.2. The van der Waals surface area contributed by atoms with Gasteiger partial charge in [0.2, 0.25) is 21.7 Å². The quantitative estimate of drug-likeness (QED) is 0.228. The van der Waals surface area contributed by atoms with Crippen LogP contribution in [0.3, 0.4) is 0 Å². The maximum absolute atomic E-state index is 12.8. The predicted molar refractivity (Wildman–Crippen MR) is 138 cm³/mol. The standard InChI is InChI=1S/C21H25N7O4S.C2HF3O2/c1-14-10-24-20(26-27-33(31,32)13-16-6-4-3-5-7-16)21(30)28(14)12-19(29)23-11-17-8-9-18(22)25-15(17)2;3-2(4,5)1(6)7/h3-10,27H,11-13H2,1-2H3,(H2,22,25)(H,23,29)(H,24,26);(H,6,7). The summed E-state index contributed by atoms with van der Waals surface area (Å²) in [5, 5.41) is 9.86. The second kappa shape index (κ2) is 13.5. The monoisotopic (exact) mass is 585 g/mol. The summed E-state index contributed by atoms with van der Waals surface area (Å²) in [6.07, 6.45) is -3.71. The van der Waals surface area contributed by atoms with Gasteiger partial charge < -0.3 is 16.2 Å². The number of nitrogens with one attached hydrogen (secondary N) is 3. The van der Waals surface area contributed by atoms with Crippen molar-refractivity contribution in [1.82, 2.24) is 24.7 Å². The number of hydrogen-bond acceptors (Lipinski definition) is 9. The summed E-state index contributed by atoms with van der Waals surface area (Å²) < 4.78 is 57.5.